The number of nitrogens with two attached hydrogens (primary N) is 1. The Bertz CT molecular complexity index is 579. The molecule has 5 heteroatoms. The third kappa shape index (κ3) is 3.15. The molecule has 1 aromatic heterocycles. The lowest BCUT2D eigenvalue weighted by molar-refractivity contribution is 0.867. The highest BCUT2D eigenvalue weighted by molar-refractivity contribution is 6.28. The number of rotatable bonds is 3. The van der Waals surface area contributed by atoms with Crippen LogP contribution in [0.5, 0.6) is 0 Å². The van der Waals surface area contributed by atoms with Gasteiger partial charge in [-0.25, -0.2) is 4.98 Å². The minimum Gasteiger partial charge on any atom is -0.394 e. The molecule has 0 saturated carbocycles. The van der Waals surface area contributed by atoms with Gasteiger partial charge in [0.15, 0.2) is 5.82 Å². The summed E-state index contributed by atoms with van der Waals surface area (Å²) in [5.74, 6) is 1.05. The van der Waals surface area contributed by atoms with Crippen LogP contribution in [-0.2, 0) is 0 Å². The van der Waals surface area contributed by atoms with Crippen molar-refractivity contribution in [1.29, 1.82) is 0 Å². The minimum absolute atomic E-state index is 0.188. The molecule has 1 heterocycles. The van der Waals surface area contributed by atoms with Crippen LogP contribution in [0.1, 0.15) is 31.0 Å². The number of anilines is 3. The second-order valence-electron chi connectivity index (χ2n) is 4.74. The number of nitrogen functional groups attached to an aromatic ring is 1. The van der Waals surface area contributed by atoms with Crippen LogP contribution in [0.25, 0.3) is 0 Å². The second-order valence-corrected chi connectivity index (χ2v) is 5.08. The Kier molecular flexibility index (Phi) is 3.90. The molecule has 0 aliphatic carbocycles. The van der Waals surface area contributed by atoms with Crippen molar-refractivity contribution in [2.75, 3.05) is 11.1 Å². The molecule has 19 heavy (non-hydrogen) atoms. The predicted octanol–water partition coefficient (Wildman–Crippen LogP) is 3.89. The second kappa shape index (κ2) is 5.45. The van der Waals surface area contributed by atoms with Gasteiger partial charge in [0.25, 0.3) is 0 Å². The summed E-state index contributed by atoms with van der Waals surface area (Å²) < 4.78 is 0. The number of hydrogen-bond acceptors (Lipinski definition) is 4. The SMILES string of the molecule is Cc1nc(Cl)nc(Nc2ccc(C(C)C)cc2)c1N. The third-order valence-corrected chi connectivity index (χ3v) is 3.12. The van der Waals surface area contributed by atoms with Crippen LogP contribution >= 0.6 is 11.6 Å². The number of aryl methyl sites for hydroxylation is 1. The molecular weight excluding hydrogens is 260 g/mol. The monoisotopic (exact) mass is 276 g/mol. The first-order chi connectivity index (χ1) is 8.97. The molecule has 0 aliphatic heterocycles. The lowest BCUT2D eigenvalue weighted by Crippen LogP contribution is -2.03. The summed E-state index contributed by atoms with van der Waals surface area (Å²) in [6.45, 7) is 6.12. The van der Waals surface area contributed by atoms with E-state index in [1.165, 1.54) is 5.56 Å². The predicted molar refractivity (Wildman–Crippen MR) is 80.0 cm³/mol. The van der Waals surface area contributed by atoms with E-state index in [0.29, 0.717) is 23.1 Å². The highest BCUT2D eigenvalue weighted by atomic mass is 35.5. The minimum atomic E-state index is 0.188. The average molecular weight is 277 g/mol. The fourth-order valence-electron chi connectivity index (χ4n) is 1.73. The molecule has 0 spiro atoms. The van der Waals surface area contributed by atoms with E-state index >= 15 is 0 Å². The molecule has 100 valence electrons. The van der Waals surface area contributed by atoms with Crippen LogP contribution in [0.2, 0.25) is 5.28 Å². The van der Waals surface area contributed by atoms with Crippen molar-refractivity contribution in [2.24, 2.45) is 0 Å². The highest BCUT2D eigenvalue weighted by Crippen LogP contribution is 2.25. The van der Waals surface area contributed by atoms with Crippen molar-refractivity contribution < 1.29 is 0 Å². The zero-order valence-corrected chi connectivity index (χ0v) is 12.0. The van der Waals surface area contributed by atoms with Crippen LogP contribution in [-0.4, -0.2) is 9.97 Å². The first-order valence-corrected chi connectivity index (χ1v) is 6.51. The normalized spacial score (nSPS) is 10.8. The molecule has 2 aromatic rings. The van der Waals surface area contributed by atoms with Gasteiger partial charge in [-0.3, -0.25) is 0 Å². The van der Waals surface area contributed by atoms with E-state index in [0.717, 1.165) is 5.69 Å². The third-order valence-electron chi connectivity index (χ3n) is 2.95. The van der Waals surface area contributed by atoms with Gasteiger partial charge in [-0.2, -0.15) is 4.98 Å². The van der Waals surface area contributed by atoms with Crippen LogP contribution in [0.4, 0.5) is 17.2 Å². The maximum Gasteiger partial charge on any atom is 0.224 e. The zero-order chi connectivity index (χ0) is 14.0. The number of hydrogen-bond donors (Lipinski definition) is 2. The molecule has 0 fully saturated rings. The van der Waals surface area contributed by atoms with Crippen molar-refractivity contribution in [1.82, 2.24) is 9.97 Å². The molecule has 0 bridgehead atoms. The summed E-state index contributed by atoms with van der Waals surface area (Å²) in [6.07, 6.45) is 0. The van der Waals surface area contributed by atoms with Gasteiger partial charge in [0.2, 0.25) is 5.28 Å². The summed E-state index contributed by atoms with van der Waals surface area (Å²) >= 11 is 5.84. The number of halogens is 1. The number of aromatic nitrogens is 2. The van der Waals surface area contributed by atoms with E-state index in [4.69, 9.17) is 17.3 Å². The Hall–Kier alpha value is -1.81. The molecule has 3 N–H and O–H groups in total. The quantitative estimate of drug-likeness (QED) is 0.835. The Labute approximate surface area is 118 Å². The molecule has 0 atom stereocenters. The number of nitrogens with zero attached hydrogens (tertiary/aromatic N) is 2. The molecule has 0 aliphatic rings. The van der Waals surface area contributed by atoms with Crippen LogP contribution in [0.3, 0.4) is 0 Å². The summed E-state index contributed by atoms with van der Waals surface area (Å²) in [7, 11) is 0. The van der Waals surface area contributed by atoms with Gasteiger partial charge >= 0.3 is 0 Å². The molecule has 0 radical (unpaired) electrons. The standard InChI is InChI=1S/C14H17ClN4/c1-8(2)10-4-6-11(7-5-10)18-13-12(16)9(3)17-14(15)19-13/h4-8H,16H2,1-3H3,(H,17,18,19). The fraction of sp³-hybridized carbons (Fsp3) is 0.286. The van der Waals surface area contributed by atoms with Gasteiger partial charge in [-0.15, -0.1) is 0 Å². The summed E-state index contributed by atoms with van der Waals surface area (Å²) in [6, 6.07) is 8.16. The van der Waals surface area contributed by atoms with Crippen LogP contribution < -0.4 is 11.1 Å². The summed E-state index contributed by atoms with van der Waals surface area (Å²) in [4.78, 5) is 8.11. The van der Waals surface area contributed by atoms with E-state index in [-0.39, 0.29) is 5.28 Å². The molecule has 0 amide bonds. The van der Waals surface area contributed by atoms with Crippen molar-refractivity contribution in [2.45, 2.75) is 26.7 Å². The topological polar surface area (TPSA) is 63.8 Å². The Morgan fingerprint density at radius 1 is 1.16 bits per heavy atom. The maximum atomic E-state index is 5.93. The van der Waals surface area contributed by atoms with Crippen LogP contribution in [0.15, 0.2) is 24.3 Å². The first kappa shape index (κ1) is 13.6. The molecule has 1 aromatic carbocycles. The molecule has 4 nitrogen and oxygen atoms in total. The average Bonchev–Trinajstić information content (AvgIpc) is 2.36. The Morgan fingerprint density at radius 2 is 1.79 bits per heavy atom. The Balaban J connectivity index is 2.26. The van der Waals surface area contributed by atoms with Gasteiger partial charge in [-0.1, -0.05) is 26.0 Å². The first-order valence-electron chi connectivity index (χ1n) is 6.14. The van der Waals surface area contributed by atoms with E-state index < -0.39 is 0 Å². The van der Waals surface area contributed by atoms with Gasteiger partial charge in [-0.05, 0) is 42.1 Å². The van der Waals surface area contributed by atoms with E-state index in [2.05, 4.69) is 41.3 Å². The summed E-state index contributed by atoms with van der Waals surface area (Å²) in [5, 5.41) is 3.35. The van der Waals surface area contributed by atoms with Crippen molar-refractivity contribution in [3.63, 3.8) is 0 Å². The van der Waals surface area contributed by atoms with E-state index in [1.54, 1.807) is 6.92 Å². The molecular formula is C14H17ClN4. The van der Waals surface area contributed by atoms with Crippen molar-refractivity contribution in [3.8, 4) is 0 Å². The van der Waals surface area contributed by atoms with Crippen LogP contribution in [0, 0.1) is 6.92 Å². The molecule has 0 unspecified atom stereocenters. The molecule has 2 rings (SSSR count). The van der Waals surface area contributed by atoms with E-state index in [1.807, 2.05) is 12.1 Å². The van der Waals surface area contributed by atoms with Gasteiger partial charge in [0.1, 0.15) is 0 Å². The Morgan fingerprint density at radius 3 is 2.37 bits per heavy atom. The number of benzene rings is 1. The zero-order valence-electron chi connectivity index (χ0n) is 11.2. The highest BCUT2D eigenvalue weighted by Gasteiger charge is 2.08. The van der Waals surface area contributed by atoms with Gasteiger partial charge in [0.05, 0.1) is 11.4 Å². The van der Waals surface area contributed by atoms with E-state index in [9.17, 15) is 0 Å². The van der Waals surface area contributed by atoms with Crippen molar-refractivity contribution >= 4 is 28.8 Å². The fourth-order valence-corrected chi connectivity index (χ4v) is 1.94. The van der Waals surface area contributed by atoms with Crippen molar-refractivity contribution in [3.05, 3.63) is 40.8 Å². The number of nitrogens with one attached hydrogen (secondary N) is 1. The summed E-state index contributed by atoms with van der Waals surface area (Å²) in [5.41, 5.74) is 9.32. The lowest BCUT2D eigenvalue weighted by atomic mass is 10.0. The lowest BCUT2D eigenvalue weighted by Gasteiger charge is -2.11. The molecule has 0 saturated heterocycles. The van der Waals surface area contributed by atoms with Gasteiger partial charge in [0, 0.05) is 5.69 Å². The largest absolute Gasteiger partial charge is 0.394 e. The maximum absolute atomic E-state index is 5.93. The van der Waals surface area contributed by atoms with Gasteiger partial charge < -0.3 is 11.1 Å². The smallest absolute Gasteiger partial charge is 0.224 e.